The molecule has 0 spiro atoms. The van der Waals surface area contributed by atoms with Crippen molar-refractivity contribution in [2.75, 3.05) is 18.9 Å². The highest BCUT2D eigenvalue weighted by atomic mass is 19.4. The second-order valence-corrected chi connectivity index (χ2v) is 6.02. The smallest absolute Gasteiger partial charge is 0.374 e. The number of alkyl halides is 3. The summed E-state index contributed by atoms with van der Waals surface area (Å²) >= 11 is 0. The first-order chi connectivity index (χ1) is 12.4. The monoisotopic (exact) mass is 389 g/mol. The van der Waals surface area contributed by atoms with E-state index < -0.39 is 42.4 Å². The number of hydrogen-bond donors (Lipinski definition) is 2. The molecule has 0 fully saturated rings. The molecule has 0 aliphatic rings. The van der Waals surface area contributed by atoms with Crippen LogP contribution in [-0.4, -0.2) is 56.3 Å². The van der Waals surface area contributed by atoms with Crippen LogP contribution in [0.4, 0.5) is 19.0 Å². The Morgan fingerprint density at radius 1 is 1.41 bits per heavy atom. The van der Waals surface area contributed by atoms with E-state index in [0.29, 0.717) is 5.76 Å². The number of amides is 2. The summed E-state index contributed by atoms with van der Waals surface area (Å²) in [5.41, 5.74) is -3.49. The molecule has 27 heavy (non-hydrogen) atoms. The summed E-state index contributed by atoms with van der Waals surface area (Å²) in [6, 6.07) is 1.43. The minimum Gasteiger partial charge on any atom is -0.374 e. The standard InChI is InChI=1S/C15H18F3N5O4/c1-9-6-10(21-27-9)20-11(24)8-23(3)12(25)7-14(26,15(16,17)18)13-19-4-5-22(13)2/h4-6,26H,7-8H2,1-3H3,(H,20,21,24)/t14-/m1/s1. The summed E-state index contributed by atoms with van der Waals surface area (Å²) in [5, 5.41) is 16.1. The zero-order chi connectivity index (χ0) is 20.4. The van der Waals surface area contributed by atoms with Gasteiger partial charge in [-0.25, -0.2) is 4.98 Å². The van der Waals surface area contributed by atoms with Crippen molar-refractivity contribution >= 4 is 17.6 Å². The molecule has 0 aliphatic carbocycles. The molecule has 12 heteroatoms. The van der Waals surface area contributed by atoms with Gasteiger partial charge in [0.15, 0.2) is 11.6 Å². The molecule has 0 unspecified atom stereocenters. The quantitative estimate of drug-likeness (QED) is 0.761. The summed E-state index contributed by atoms with van der Waals surface area (Å²) in [6.07, 6.45) is -4.18. The Kier molecular flexibility index (Phi) is 5.59. The molecular formula is C15H18F3N5O4. The van der Waals surface area contributed by atoms with Gasteiger partial charge in [-0.2, -0.15) is 13.2 Å². The number of halogens is 3. The van der Waals surface area contributed by atoms with E-state index in [1.807, 2.05) is 0 Å². The molecule has 9 nitrogen and oxygen atoms in total. The molecule has 0 saturated heterocycles. The molecule has 0 radical (unpaired) electrons. The minimum atomic E-state index is -5.15. The Hall–Kier alpha value is -2.89. The highest BCUT2D eigenvalue weighted by Crippen LogP contribution is 2.41. The number of likely N-dealkylation sites (N-methyl/N-ethyl adjacent to an activating group) is 1. The number of aliphatic hydroxyl groups is 1. The van der Waals surface area contributed by atoms with Crippen LogP contribution in [0.25, 0.3) is 0 Å². The van der Waals surface area contributed by atoms with Crippen molar-refractivity contribution < 1.29 is 32.4 Å². The molecule has 0 bridgehead atoms. The molecule has 0 saturated carbocycles. The van der Waals surface area contributed by atoms with Gasteiger partial charge in [-0.3, -0.25) is 9.59 Å². The minimum absolute atomic E-state index is 0.109. The second-order valence-electron chi connectivity index (χ2n) is 6.02. The number of hydrogen-bond acceptors (Lipinski definition) is 6. The number of nitrogens with one attached hydrogen (secondary N) is 1. The van der Waals surface area contributed by atoms with Crippen LogP contribution in [0, 0.1) is 6.92 Å². The third-order valence-electron chi connectivity index (χ3n) is 3.77. The SMILES string of the molecule is Cc1cc(NC(=O)CN(C)C(=O)C[C@@](O)(c2nccn2C)C(F)(F)F)no1. The molecule has 0 aliphatic heterocycles. The Bertz CT molecular complexity index is 832. The zero-order valence-corrected chi connectivity index (χ0v) is 14.7. The maximum absolute atomic E-state index is 13.5. The fourth-order valence-electron chi connectivity index (χ4n) is 2.34. The number of aromatic nitrogens is 3. The van der Waals surface area contributed by atoms with Gasteiger partial charge < -0.3 is 24.4 Å². The topological polar surface area (TPSA) is 113 Å². The molecule has 2 rings (SSSR count). The van der Waals surface area contributed by atoms with Crippen molar-refractivity contribution in [3.05, 3.63) is 30.0 Å². The van der Waals surface area contributed by atoms with Crippen molar-refractivity contribution in [2.45, 2.75) is 25.1 Å². The molecule has 148 valence electrons. The van der Waals surface area contributed by atoms with E-state index in [4.69, 9.17) is 4.52 Å². The highest BCUT2D eigenvalue weighted by molar-refractivity contribution is 5.93. The van der Waals surface area contributed by atoms with Gasteiger partial charge in [0.1, 0.15) is 5.76 Å². The summed E-state index contributed by atoms with van der Waals surface area (Å²) in [7, 11) is 2.41. The van der Waals surface area contributed by atoms with Gasteiger partial charge >= 0.3 is 6.18 Å². The first-order valence-electron chi connectivity index (χ1n) is 7.68. The molecule has 2 aromatic heterocycles. The van der Waals surface area contributed by atoms with E-state index in [-0.39, 0.29) is 5.82 Å². The Morgan fingerprint density at radius 2 is 2.07 bits per heavy atom. The van der Waals surface area contributed by atoms with Crippen LogP contribution in [-0.2, 0) is 22.2 Å². The van der Waals surface area contributed by atoms with Crippen LogP contribution in [0.3, 0.4) is 0 Å². The van der Waals surface area contributed by atoms with E-state index in [2.05, 4.69) is 15.5 Å². The summed E-state index contributed by atoms with van der Waals surface area (Å²) in [4.78, 5) is 28.4. The first-order valence-corrected chi connectivity index (χ1v) is 7.68. The van der Waals surface area contributed by atoms with Gasteiger partial charge in [0, 0.05) is 32.6 Å². The van der Waals surface area contributed by atoms with Crippen molar-refractivity contribution in [3.63, 3.8) is 0 Å². The Morgan fingerprint density at radius 3 is 2.56 bits per heavy atom. The van der Waals surface area contributed by atoms with Crippen LogP contribution in [0.2, 0.25) is 0 Å². The van der Waals surface area contributed by atoms with Crippen LogP contribution < -0.4 is 5.32 Å². The van der Waals surface area contributed by atoms with Crippen molar-refractivity contribution in [1.82, 2.24) is 19.6 Å². The van der Waals surface area contributed by atoms with Crippen LogP contribution in [0.5, 0.6) is 0 Å². The van der Waals surface area contributed by atoms with Gasteiger partial charge in [0.05, 0.1) is 13.0 Å². The number of carbonyl (C=O) groups excluding carboxylic acids is 2. The normalized spacial score (nSPS) is 13.9. The summed E-state index contributed by atoms with van der Waals surface area (Å²) in [5.74, 6) is -1.95. The maximum Gasteiger partial charge on any atom is 0.425 e. The van der Waals surface area contributed by atoms with Gasteiger partial charge in [0.2, 0.25) is 17.4 Å². The average molecular weight is 389 g/mol. The lowest BCUT2D eigenvalue weighted by Crippen LogP contribution is -2.48. The van der Waals surface area contributed by atoms with E-state index >= 15 is 0 Å². The largest absolute Gasteiger partial charge is 0.425 e. The molecule has 2 heterocycles. The molecular weight excluding hydrogens is 371 g/mol. The van der Waals surface area contributed by atoms with E-state index in [1.54, 1.807) is 6.92 Å². The number of carbonyl (C=O) groups is 2. The van der Waals surface area contributed by atoms with Crippen molar-refractivity contribution in [3.8, 4) is 0 Å². The fourth-order valence-corrected chi connectivity index (χ4v) is 2.34. The first kappa shape index (κ1) is 20.4. The van der Waals surface area contributed by atoms with Gasteiger partial charge in [-0.15, -0.1) is 0 Å². The third kappa shape index (κ3) is 4.45. The third-order valence-corrected chi connectivity index (χ3v) is 3.77. The predicted octanol–water partition coefficient (Wildman–Crippen LogP) is 0.954. The molecule has 2 amide bonds. The average Bonchev–Trinajstić information content (AvgIpc) is 3.14. The van der Waals surface area contributed by atoms with Crippen LogP contribution in [0.1, 0.15) is 18.0 Å². The highest BCUT2D eigenvalue weighted by Gasteiger charge is 2.58. The number of rotatable bonds is 6. The van der Waals surface area contributed by atoms with E-state index in [9.17, 15) is 27.9 Å². The molecule has 0 aromatic carbocycles. The number of aryl methyl sites for hydroxylation is 2. The van der Waals surface area contributed by atoms with Crippen LogP contribution in [0.15, 0.2) is 23.0 Å². The van der Waals surface area contributed by atoms with Gasteiger partial charge in [0.25, 0.3) is 0 Å². The number of anilines is 1. The molecule has 2 N–H and O–H groups in total. The predicted molar refractivity (Wildman–Crippen MR) is 85.3 cm³/mol. The van der Waals surface area contributed by atoms with E-state index in [0.717, 1.165) is 22.7 Å². The van der Waals surface area contributed by atoms with Crippen molar-refractivity contribution in [1.29, 1.82) is 0 Å². The van der Waals surface area contributed by atoms with E-state index in [1.165, 1.54) is 19.3 Å². The fraction of sp³-hybridized carbons (Fsp3) is 0.467. The number of imidazole rings is 1. The Balaban J connectivity index is 2.08. The Labute approximate surface area is 151 Å². The lowest BCUT2D eigenvalue weighted by molar-refractivity contribution is -0.271. The molecule has 1 atom stereocenters. The lowest BCUT2D eigenvalue weighted by atomic mass is 9.97. The lowest BCUT2D eigenvalue weighted by Gasteiger charge is -2.30. The molecule has 2 aromatic rings. The zero-order valence-electron chi connectivity index (χ0n) is 14.7. The van der Waals surface area contributed by atoms with Crippen molar-refractivity contribution in [2.24, 2.45) is 7.05 Å². The van der Waals surface area contributed by atoms with Gasteiger partial charge in [-0.05, 0) is 6.92 Å². The summed E-state index contributed by atoms with van der Waals surface area (Å²) in [6.45, 7) is 1.06. The maximum atomic E-state index is 13.5. The van der Waals surface area contributed by atoms with Crippen LogP contribution >= 0.6 is 0 Å². The second kappa shape index (κ2) is 7.39. The van der Waals surface area contributed by atoms with Gasteiger partial charge in [-0.1, -0.05) is 5.16 Å². The number of nitrogens with zero attached hydrogens (tertiary/aromatic N) is 4. The summed E-state index contributed by atoms with van der Waals surface area (Å²) < 4.78 is 46.1.